The van der Waals surface area contributed by atoms with Crippen molar-refractivity contribution in [2.24, 2.45) is 5.92 Å². The van der Waals surface area contributed by atoms with Crippen molar-refractivity contribution < 1.29 is 19.1 Å². The zero-order chi connectivity index (χ0) is 15.6. The number of rotatable bonds is 4. The average Bonchev–Trinajstić information content (AvgIpc) is 2.80. The fourth-order valence-corrected chi connectivity index (χ4v) is 2.93. The number of halogens is 1. The molecule has 1 fully saturated rings. The third-order valence-electron chi connectivity index (χ3n) is 4.29. The standard InChI is InChI=1S/C16H20FNO3/c1-10(12-4-3-5-13(17)9-12)8-15(19)18-7-6-14(11(18)2)16(20)21/h3-5,9-11,14H,6-8H2,1-2H3,(H,20,21). The molecule has 1 amide bonds. The van der Waals surface area contributed by atoms with E-state index in [0.717, 1.165) is 5.56 Å². The van der Waals surface area contributed by atoms with Crippen LogP contribution in [0.15, 0.2) is 24.3 Å². The fourth-order valence-electron chi connectivity index (χ4n) is 2.93. The van der Waals surface area contributed by atoms with Crippen LogP contribution in [0.25, 0.3) is 0 Å². The summed E-state index contributed by atoms with van der Waals surface area (Å²) in [7, 11) is 0. The van der Waals surface area contributed by atoms with Crippen LogP contribution in [0, 0.1) is 11.7 Å². The molecule has 4 nitrogen and oxygen atoms in total. The van der Waals surface area contributed by atoms with Gasteiger partial charge in [0.25, 0.3) is 0 Å². The molecule has 0 saturated carbocycles. The van der Waals surface area contributed by atoms with Crippen molar-refractivity contribution in [2.75, 3.05) is 6.54 Å². The lowest BCUT2D eigenvalue weighted by atomic mass is 9.96. The van der Waals surface area contributed by atoms with Gasteiger partial charge in [-0.2, -0.15) is 0 Å². The predicted molar refractivity (Wildman–Crippen MR) is 76.3 cm³/mol. The van der Waals surface area contributed by atoms with Crippen LogP contribution in [0.4, 0.5) is 4.39 Å². The Morgan fingerprint density at radius 3 is 2.76 bits per heavy atom. The number of hydrogen-bond acceptors (Lipinski definition) is 2. The summed E-state index contributed by atoms with van der Waals surface area (Å²) in [5, 5.41) is 9.09. The van der Waals surface area contributed by atoms with E-state index in [1.54, 1.807) is 24.0 Å². The van der Waals surface area contributed by atoms with Gasteiger partial charge in [-0.3, -0.25) is 9.59 Å². The van der Waals surface area contributed by atoms with E-state index in [1.807, 2.05) is 6.92 Å². The molecule has 1 aliphatic rings. The maximum Gasteiger partial charge on any atom is 0.308 e. The molecule has 1 saturated heterocycles. The molecular weight excluding hydrogens is 273 g/mol. The first kappa shape index (κ1) is 15.5. The Labute approximate surface area is 123 Å². The maximum absolute atomic E-state index is 13.2. The van der Waals surface area contributed by atoms with Gasteiger partial charge in [-0.05, 0) is 37.0 Å². The number of carbonyl (C=O) groups excluding carboxylic acids is 1. The minimum Gasteiger partial charge on any atom is -0.481 e. The third-order valence-corrected chi connectivity index (χ3v) is 4.29. The van der Waals surface area contributed by atoms with Gasteiger partial charge in [-0.15, -0.1) is 0 Å². The summed E-state index contributed by atoms with van der Waals surface area (Å²) in [6.45, 7) is 4.13. The first-order chi connectivity index (χ1) is 9.90. The minimum absolute atomic E-state index is 0.0667. The van der Waals surface area contributed by atoms with Gasteiger partial charge in [-0.1, -0.05) is 19.1 Å². The molecular formula is C16H20FNO3. The fraction of sp³-hybridized carbons (Fsp3) is 0.500. The number of carbonyl (C=O) groups is 2. The van der Waals surface area contributed by atoms with Crippen molar-refractivity contribution in [3.8, 4) is 0 Å². The molecule has 0 bridgehead atoms. The summed E-state index contributed by atoms with van der Waals surface area (Å²) in [5.74, 6) is -1.81. The molecule has 0 radical (unpaired) electrons. The van der Waals surface area contributed by atoms with Crippen molar-refractivity contribution in [1.82, 2.24) is 4.90 Å². The SMILES string of the molecule is CC(CC(=O)N1CCC(C(=O)O)C1C)c1cccc(F)c1. The van der Waals surface area contributed by atoms with Gasteiger partial charge < -0.3 is 10.0 Å². The minimum atomic E-state index is -0.851. The lowest BCUT2D eigenvalue weighted by Gasteiger charge is -2.25. The highest BCUT2D eigenvalue weighted by Crippen LogP contribution is 2.27. The van der Waals surface area contributed by atoms with E-state index in [-0.39, 0.29) is 30.1 Å². The van der Waals surface area contributed by atoms with Crippen molar-refractivity contribution >= 4 is 11.9 Å². The second-order valence-electron chi connectivity index (χ2n) is 5.72. The zero-order valence-corrected chi connectivity index (χ0v) is 12.3. The largest absolute Gasteiger partial charge is 0.481 e. The predicted octanol–water partition coefficient (Wildman–Crippen LogP) is 2.64. The molecule has 114 valence electrons. The smallest absolute Gasteiger partial charge is 0.308 e. The van der Waals surface area contributed by atoms with Crippen LogP contribution in [0.3, 0.4) is 0 Å². The summed E-state index contributed by atoms with van der Waals surface area (Å²) in [6, 6.07) is 5.96. The molecule has 5 heteroatoms. The van der Waals surface area contributed by atoms with Crippen LogP contribution in [0.1, 0.15) is 38.2 Å². The van der Waals surface area contributed by atoms with Crippen molar-refractivity contribution in [1.29, 1.82) is 0 Å². The number of nitrogens with zero attached hydrogens (tertiary/aromatic N) is 1. The number of likely N-dealkylation sites (tertiary alicyclic amines) is 1. The molecule has 0 aliphatic carbocycles. The number of hydrogen-bond donors (Lipinski definition) is 1. The summed E-state index contributed by atoms with van der Waals surface area (Å²) in [6.07, 6.45) is 0.761. The Morgan fingerprint density at radius 1 is 1.48 bits per heavy atom. The Balaban J connectivity index is 2.00. The molecule has 0 spiro atoms. The average molecular weight is 293 g/mol. The van der Waals surface area contributed by atoms with Crippen LogP contribution in [-0.4, -0.2) is 34.5 Å². The van der Waals surface area contributed by atoms with Gasteiger partial charge in [0.15, 0.2) is 0 Å². The highest BCUT2D eigenvalue weighted by molar-refractivity contribution is 5.80. The zero-order valence-electron chi connectivity index (χ0n) is 12.3. The van der Waals surface area contributed by atoms with E-state index in [2.05, 4.69) is 0 Å². The van der Waals surface area contributed by atoms with Crippen molar-refractivity contribution in [3.63, 3.8) is 0 Å². The van der Waals surface area contributed by atoms with Crippen LogP contribution in [0.2, 0.25) is 0 Å². The maximum atomic E-state index is 13.2. The lowest BCUT2D eigenvalue weighted by Crippen LogP contribution is -2.38. The van der Waals surface area contributed by atoms with E-state index in [0.29, 0.717) is 13.0 Å². The highest BCUT2D eigenvalue weighted by atomic mass is 19.1. The summed E-state index contributed by atoms with van der Waals surface area (Å²) in [5.41, 5.74) is 0.782. The number of aliphatic carboxylic acids is 1. The first-order valence-electron chi connectivity index (χ1n) is 7.18. The molecule has 1 aromatic rings. The normalized spacial score (nSPS) is 23.1. The van der Waals surface area contributed by atoms with Crippen LogP contribution < -0.4 is 0 Å². The molecule has 1 heterocycles. The van der Waals surface area contributed by atoms with Crippen LogP contribution in [-0.2, 0) is 9.59 Å². The highest BCUT2D eigenvalue weighted by Gasteiger charge is 2.38. The number of carboxylic acid groups (broad SMARTS) is 1. The van der Waals surface area contributed by atoms with E-state index in [9.17, 15) is 14.0 Å². The molecule has 2 rings (SSSR count). The van der Waals surface area contributed by atoms with Gasteiger partial charge in [0, 0.05) is 19.0 Å². The summed E-state index contributed by atoms with van der Waals surface area (Å²) >= 11 is 0. The molecule has 3 unspecified atom stereocenters. The van der Waals surface area contributed by atoms with E-state index < -0.39 is 11.9 Å². The van der Waals surface area contributed by atoms with E-state index in [4.69, 9.17) is 5.11 Å². The van der Waals surface area contributed by atoms with Gasteiger partial charge in [0.05, 0.1) is 5.92 Å². The molecule has 1 aliphatic heterocycles. The van der Waals surface area contributed by atoms with Gasteiger partial charge in [0.1, 0.15) is 5.82 Å². The van der Waals surface area contributed by atoms with Crippen molar-refractivity contribution in [2.45, 2.75) is 38.6 Å². The third kappa shape index (κ3) is 3.40. The Kier molecular flexibility index (Phi) is 4.60. The Bertz CT molecular complexity index is 546. The van der Waals surface area contributed by atoms with E-state index >= 15 is 0 Å². The van der Waals surface area contributed by atoms with Gasteiger partial charge in [-0.25, -0.2) is 4.39 Å². The second-order valence-corrected chi connectivity index (χ2v) is 5.72. The number of amides is 1. The van der Waals surface area contributed by atoms with Crippen molar-refractivity contribution in [3.05, 3.63) is 35.6 Å². The first-order valence-corrected chi connectivity index (χ1v) is 7.18. The molecule has 1 N–H and O–H groups in total. The van der Waals surface area contributed by atoms with E-state index in [1.165, 1.54) is 12.1 Å². The lowest BCUT2D eigenvalue weighted by molar-refractivity contribution is -0.143. The van der Waals surface area contributed by atoms with Gasteiger partial charge >= 0.3 is 5.97 Å². The Hall–Kier alpha value is -1.91. The molecule has 3 atom stereocenters. The molecule has 1 aromatic carbocycles. The summed E-state index contributed by atoms with van der Waals surface area (Å²) < 4.78 is 13.2. The van der Waals surface area contributed by atoms with Crippen LogP contribution >= 0.6 is 0 Å². The second kappa shape index (κ2) is 6.24. The summed E-state index contributed by atoms with van der Waals surface area (Å²) in [4.78, 5) is 25.0. The quantitative estimate of drug-likeness (QED) is 0.928. The van der Waals surface area contributed by atoms with Gasteiger partial charge in [0.2, 0.25) is 5.91 Å². The molecule has 0 aromatic heterocycles. The number of carboxylic acids is 1. The topological polar surface area (TPSA) is 57.6 Å². The number of benzene rings is 1. The van der Waals surface area contributed by atoms with Crippen LogP contribution in [0.5, 0.6) is 0 Å². The molecule has 21 heavy (non-hydrogen) atoms. The monoisotopic (exact) mass is 293 g/mol. The Morgan fingerprint density at radius 2 is 2.19 bits per heavy atom.